The van der Waals surface area contributed by atoms with Crippen molar-refractivity contribution in [1.82, 2.24) is 10.6 Å². The lowest BCUT2D eigenvalue weighted by Gasteiger charge is -2.10. The number of amides is 1. The molecule has 0 fully saturated rings. The highest BCUT2D eigenvalue weighted by molar-refractivity contribution is 5.75. The summed E-state index contributed by atoms with van der Waals surface area (Å²) in [7, 11) is 0. The molecule has 1 aromatic heterocycles. The average Bonchev–Trinajstić information content (AvgIpc) is 2.65. The van der Waals surface area contributed by atoms with Crippen molar-refractivity contribution in [3.63, 3.8) is 0 Å². The minimum absolute atomic E-state index is 0.0813. The molecule has 0 aliphatic heterocycles. The van der Waals surface area contributed by atoms with Crippen molar-refractivity contribution in [2.75, 3.05) is 13.1 Å². The van der Waals surface area contributed by atoms with Gasteiger partial charge in [0.2, 0.25) is 5.91 Å². The molecule has 0 bridgehead atoms. The smallest absolute Gasteiger partial charge is 0.221 e. The van der Waals surface area contributed by atoms with E-state index in [9.17, 15) is 4.79 Å². The van der Waals surface area contributed by atoms with Crippen LogP contribution in [0.25, 0.3) is 0 Å². The maximum Gasteiger partial charge on any atom is 0.221 e. The Kier molecular flexibility index (Phi) is 5.05. The third-order valence-electron chi connectivity index (χ3n) is 2.36. The second kappa shape index (κ2) is 6.33. The molecule has 0 aliphatic carbocycles. The Morgan fingerprint density at radius 2 is 2.25 bits per heavy atom. The van der Waals surface area contributed by atoms with Gasteiger partial charge in [0.15, 0.2) is 0 Å². The molecule has 2 N–H and O–H groups in total. The quantitative estimate of drug-likeness (QED) is 0.774. The fourth-order valence-electron chi connectivity index (χ4n) is 1.47. The van der Waals surface area contributed by atoms with Gasteiger partial charge in [-0.1, -0.05) is 0 Å². The van der Waals surface area contributed by atoms with E-state index in [0.29, 0.717) is 19.5 Å². The molecular weight excluding hydrogens is 204 g/mol. The first kappa shape index (κ1) is 12.8. The van der Waals surface area contributed by atoms with Crippen LogP contribution in [-0.2, 0) is 4.79 Å². The molecule has 1 atom stereocenters. The molecule has 4 heteroatoms. The average molecular weight is 224 g/mol. The highest BCUT2D eigenvalue weighted by atomic mass is 16.3. The predicted molar refractivity (Wildman–Crippen MR) is 63.2 cm³/mol. The zero-order valence-electron chi connectivity index (χ0n) is 10.2. The van der Waals surface area contributed by atoms with E-state index in [1.165, 1.54) is 0 Å². The second-order valence-electron chi connectivity index (χ2n) is 3.83. The van der Waals surface area contributed by atoms with E-state index >= 15 is 0 Å². The Morgan fingerprint density at radius 1 is 1.50 bits per heavy atom. The van der Waals surface area contributed by atoms with E-state index in [2.05, 4.69) is 10.6 Å². The molecule has 0 spiro atoms. The number of hydrogen-bond acceptors (Lipinski definition) is 3. The molecule has 0 radical (unpaired) electrons. The topological polar surface area (TPSA) is 54.3 Å². The minimum atomic E-state index is 0.0813. The summed E-state index contributed by atoms with van der Waals surface area (Å²) < 4.78 is 5.49. The van der Waals surface area contributed by atoms with Crippen molar-refractivity contribution in [2.24, 2.45) is 0 Å². The Morgan fingerprint density at radius 3 is 2.81 bits per heavy atom. The van der Waals surface area contributed by atoms with Gasteiger partial charge in [-0.05, 0) is 32.9 Å². The SMILES string of the molecule is CCNC(=O)CCNC(C)c1ccc(C)o1. The third kappa shape index (κ3) is 4.06. The van der Waals surface area contributed by atoms with Crippen LogP contribution in [0, 0.1) is 6.92 Å². The molecular formula is C12H20N2O2. The Balaban J connectivity index is 2.25. The maximum atomic E-state index is 11.2. The van der Waals surface area contributed by atoms with E-state index < -0.39 is 0 Å². The van der Waals surface area contributed by atoms with Gasteiger partial charge in [-0.25, -0.2) is 0 Å². The van der Waals surface area contributed by atoms with Crippen molar-refractivity contribution >= 4 is 5.91 Å². The summed E-state index contributed by atoms with van der Waals surface area (Å²) in [4.78, 5) is 11.2. The van der Waals surface area contributed by atoms with Crippen LogP contribution in [0.5, 0.6) is 0 Å². The Labute approximate surface area is 96.4 Å². The summed E-state index contributed by atoms with van der Waals surface area (Å²) in [5.74, 6) is 1.90. The molecule has 1 heterocycles. The normalized spacial score (nSPS) is 12.4. The standard InChI is InChI=1S/C12H20N2O2/c1-4-13-12(15)7-8-14-10(3)11-6-5-9(2)16-11/h5-6,10,14H,4,7-8H2,1-3H3,(H,13,15). The number of hydrogen-bond donors (Lipinski definition) is 2. The number of nitrogens with one attached hydrogen (secondary N) is 2. The number of furan rings is 1. The molecule has 0 aliphatic rings. The molecule has 90 valence electrons. The highest BCUT2D eigenvalue weighted by Gasteiger charge is 2.09. The molecule has 1 rings (SSSR count). The predicted octanol–water partition coefficient (Wildman–Crippen LogP) is 1.76. The van der Waals surface area contributed by atoms with Gasteiger partial charge in [-0.2, -0.15) is 0 Å². The van der Waals surface area contributed by atoms with Crippen LogP contribution in [0.4, 0.5) is 0 Å². The molecule has 1 aromatic rings. The second-order valence-corrected chi connectivity index (χ2v) is 3.83. The van der Waals surface area contributed by atoms with Gasteiger partial charge in [0.25, 0.3) is 0 Å². The molecule has 0 saturated heterocycles. The molecule has 0 saturated carbocycles. The van der Waals surface area contributed by atoms with Crippen LogP contribution in [0.2, 0.25) is 0 Å². The van der Waals surface area contributed by atoms with E-state index in [-0.39, 0.29) is 11.9 Å². The summed E-state index contributed by atoms with van der Waals surface area (Å²) in [6.07, 6.45) is 0.498. The first-order valence-corrected chi connectivity index (χ1v) is 5.70. The summed E-state index contributed by atoms with van der Waals surface area (Å²) in [6, 6.07) is 4.04. The first-order chi connectivity index (χ1) is 7.63. The van der Waals surface area contributed by atoms with Crippen molar-refractivity contribution in [1.29, 1.82) is 0 Å². The van der Waals surface area contributed by atoms with Crippen LogP contribution >= 0.6 is 0 Å². The zero-order chi connectivity index (χ0) is 12.0. The van der Waals surface area contributed by atoms with E-state index in [0.717, 1.165) is 11.5 Å². The van der Waals surface area contributed by atoms with Crippen molar-refractivity contribution < 1.29 is 9.21 Å². The molecule has 0 aromatic carbocycles. The lowest BCUT2D eigenvalue weighted by Crippen LogP contribution is -2.28. The van der Waals surface area contributed by atoms with Crippen LogP contribution in [0.1, 0.15) is 37.8 Å². The summed E-state index contributed by atoms with van der Waals surface area (Å²) in [5, 5.41) is 6.01. The largest absolute Gasteiger partial charge is 0.465 e. The number of carbonyl (C=O) groups is 1. The number of rotatable bonds is 6. The van der Waals surface area contributed by atoms with Gasteiger partial charge >= 0.3 is 0 Å². The molecule has 1 amide bonds. The van der Waals surface area contributed by atoms with Crippen LogP contribution in [0.15, 0.2) is 16.5 Å². The van der Waals surface area contributed by atoms with Crippen LogP contribution in [-0.4, -0.2) is 19.0 Å². The van der Waals surface area contributed by atoms with Crippen LogP contribution in [0.3, 0.4) is 0 Å². The minimum Gasteiger partial charge on any atom is -0.465 e. The highest BCUT2D eigenvalue weighted by Crippen LogP contribution is 2.15. The maximum absolute atomic E-state index is 11.2. The van der Waals surface area contributed by atoms with Crippen LogP contribution < -0.4 is 10.6 Å². The van der Waals surface area contributed by atoms with E-state index in [1.807, 2.05) is 32.9 Å². The molecule has 4 nitrogen and oxygen atoms in total. The lowest BCUT2D eigenvalue weighted by molar-refractivity contribution is -0.120. The zero-order valence-corrected chi connectivity index (χ0v) is 10.2. The number of carbonyl (C=O) groups excluding carboxylic acids is 1. The van der Waals surface area contributed by atoms with Gasteiger partial charge in [-0.3, -0.25) is 4.79 Å². The van der Waals surface area contributed by atoms with Gasteiger partial charge in [0, 0.05) is 19.5 Å². The summed E-state index contributed by atoms with van der Waals surface area (Å²) >= 11 is 0. The van der Waals surface area contributed by atoms with Gasteiger partial charge in [-0.15, -0.1) is 0 Å². The van der Waals surface area contributed by atoms with E-state index in [4.69, 9.17) is 4.42 Å². The Bertz CT molecular complexity index is 334. The summed E-state index contributed by atoms with van der Waals surface area (Å²) in [6.45, 7) is 7.21. The van der Waals surface area contributed by atoms with E-state index in [1.54, 1.807) is 0 Å². The molecule has 16 heavy (non-hydrogen) atoms. The first-order valence-electron chi connectivity index (χ1n) is 5.70. The van der Waals surface area contributed by atoms with Crippen molar-refractivity contribution in [3.8, 4) is 0 Å². The third-order valence-corrected chi connectivity index (χ3v) is 2.36. The molecule has 1 unspecified atom stereocenters. The fourth-order valence-corrected chi connectivity index (χ4v) is 1.47. The van der Waals surface area contributed by atoms with Gasteiger partial charge in [0.05, 0.1) is 6.04 Å². The Hall–Kier alpha value is -1.29. The van der Waals surface area contributed by atoms with Crippen molar-refractivity contribution in [3.05, 3.63) is 23.7 Å². The lowest BCUT2D eigenvalue weighted by atomic mass is 10.2. The monoisotopic (exact) mass is 224 g/mol. The van der Waals surface area contributed by atoms with Gasteiger partial charge < -0.3 is 15.1 Å². The fraction of sp³-hybridized carbons (Fsp3) is 0.583. The summed E-state index contributed by atoms with van der Waals surface area (Å²) in [5.41, 5.74) is 0. The number of aryl methyl sites for hydroxylation is 1. The van der Waals surface area contributed by atoms with Gasteiger partial charge in [0.1, 0.15) is 11.5 Å². The van der Waals surface area contributed by atoms with Crippen molar-refractivity contribution in [2.45, 2.75) is 33.2 Å².